The molecule has 2 aromatic heterocycles. The third-order valence-corrected chi connectivity index (χ3v) is 5.03. The second kappa shape index (κ2) is 7.48. The van der Waals surface area contributed by atoms with Crippen LogP contribution in [0.25, 0.3) is 11.0 Å². The molecule has 1 unspecified atom stereocenters. The van der Waals surface area contributed by atoms with Gasteiger partial charge in [0.15, 0.2) is 5.82 Å². The topological polar surface area (TPSA) is 86.3 Å². The molecule has 0 radical (unpaired) electrons. The number of piperidine rings is 1. The SMILES string of the molecule is COCCc1noc(C2CCCCN2C(=O)c2ccc3c(c2)ncn3C)n1. The maximum absolute atomic E-state index is 13.2. The monoisotopic (exact) mass is 369 g/mol. The molecule has 0 bridgehead atoms. The summed E-state index contributed by atoms with van der Waals surface area (Å²) in [5.41, 5.74) is 2.45. The molecular weight excluding hydrogens is 346 g/mol. The van der Waals surface area contributed by atoms with Crippen molar-refractivity contribution in [2.75, 3.05) is 20.3 Å². The molecule has 1 atom stereocenters. The molecule has 8 nitrogen and oxygen atoms in total. The molecule has 4 rings (SSSR count). The molecule has 1 aromatic carbocycles. The van der Waals surface area contributed by atoms with Crippen LogP contribution in [0.1, 0.15) is 47.4 Å². The lowest BCUT2D eigenvalue weighted by molar-refractivity contribution is 0.0561. The predicted octanol–water partition coefficient (Wildman–Crippen LogP) is 2.51. The van der Waals surface area contributed by atoms with Crippen molar-refractivity contribution in [3.8, 4) is 0 Å². The fraction of sp³-hybridized carbons (Fsp3) is 0.474. The quantitative estimate of drug-likeness (QED) is 0.687. The van der Waals surface area contributed by atoms with Crippen LogP contribution in [0.4, 0.5) is 0 Å². The minimum Gasteiger partial charge on any atom is -0.384 e. The van der Waals surface area contributed by atoms with Crippen LogP contribution >= 0.6 is 0 Å². The van der Waals surface area contributed by atoms with Crippen LogP contribution in [0.5, 0.6) is 0 Å². The average Bonchev–Trinajstić information content (AvgIpc) is 3.32. The van der Waals surface area contributed by atoms with Gasteiger partial charge in [-0.2, -0.15) is 4.98 Å². The third-order valence-electron chi connectivity index (χ3n) is 5.03. The van der Waals surface area contributed by atoms with Crippen molar-refractivity contribution in [2.24, 2.45) is 7.05 Å². The van der Waals surface area contributed by atoms with Gasteiger partial charge in [-0.05, 0) is 37.5 Å². The molecule has 0 aliphatic carbocycles. The van der Waals surface area contributed by atoms with Gasteiger partial charge in [-0.3, -0.25) is 4.79 Å². The number of aryl methyl sites for hydroxylation is 1. The Morgan fingerprint density at radius 1 is 1.37 bits per heavy atom. The van der Waals surface area contributed by atoms with Crippen LogP contribution in [0, 0.1) is 0 Å². The fourth-order valence-corrected chi connectivity index (χ4v) is 3.56. The van der Waals surface area contributed by atoms with E-state index in [0.29, 0.717) is 36.9 Å². The molecule has 1 amide bonds. The third kappa shape index (κ3) is 3.44. The highest BCUT2D eigenvalue weighted by Gasteiger charge is 2.32. The molecule has 8 heteroatoms. The van der Waals surface area contributed by atoms with E-state index in [0.717, 1.165) is 30.3 Å². The van der Waals surface area contributed by atoms with Crippen LogP contribution in [0.15, 0.2) is 29.0 Å². The number of likely N-dealkylation sites (tertiary alicyclic amines) is 1. The Labute approximate surface area is 157 Å². The number of methoxy groups -OCH3 is 1. The van der Waals surface area contributed by atoms with Gasteiger partial charge < -0.3 is 18.7 Å². The van der Waals surface area contributed by atoms with E-state index in [1.807, 2.05) is 34.7 Å². The van der Waals surface area contributed by atoms with Gasteiger partial charge in [0.25, 0.3) is 5.91 Å². The molecule has 1 saturated heterocycles. The van der Waals surface area contributed by atoms with Crippen LogP contribution in [-0.2, 0) is 18.2 Å². The molecule has 3 heterocycles. The summed E-state index contributed by atoms with van der Waals surface area (Å²) in [6.45, 7) is 1.22. The Morgan fingerprint density at radius 3 is 3.11 bits per heavy atom. The van der Waals surface area contributed by atoms with Crippen molar-refractivity contribution in [1.29, 1.82) is 0 Å². The highest BCUT2D eigenvalue weighted by atomic mass is 16.5. The lowest BCUT2D eigenvalue weighted by Crippen LogP contribution is -2.38. The summed E-state index contributed by atoms with van der Waals surface area (Å²) in [5, 5.41) is 4.02. The van der Waals surface area contributed by atoms with Gasteiger partial charge in [0.05, 0.1) is 24.0 Å². The van der Waals surface area contributed by atoms with Gasteiger partial charge in [0.1, 0.15) is 6.04 Å². The number of carbonyl (C=O) groups excluding carboxylic acids is 1. The smallest absolute Gasteiger partial charge is 0.254 e. The maximum Gasteiger partial charge on any atom is 0.254 e. The van der Waals surface area contributed by atoms with E-state index in [4.69, 9.17) is 9.26 Å². The normalized spacial score (nSPS) is 17.6. The van der Waals surface area contributed by atoms with Gasteiger partial charge in [0, 0.05) is 32.7 Å². The first-order valence-electron chi connectivity index (χ1n) is 9.21. The second-order valence-electron chi connectivity index (χ2n) is 6.86. The second-order valence-corrected chi connectivity index (χ2v) is 6.86. The Hall–Kier alpha value is -2.74. The van der Waals surface area contributed by atoms with Gasteiger partial charge in [-0.25, -0.2) is 4.98 Å². The highest BCUT2D eigenvalue weighted by Crippen LogP contribution is 2.31. The van der Waals surface area contributed by atoms with Crippen molar-refractivity contribution in [1.82, 2.24) is 24.6 Å². The first-order chi connectivity index (χ1) is 13.2. The van der Waals surface area contributed by atoms with Gasteiger partial charge in [0.2, 0.25) is 5.89 Å². The molecule has 1 aliphatic heterocycles. The zero-order valence-corrected chi connectivity index (χ0v) is 15.6. The average molecular weight is 369 g/mol. The van der Waals surface area contributed by atoms with Crippen LogP contribution in [-0.4, -0.2) is 50.8 Å². The number of amides is 1. The molecule has 142 valence electrons. The van der Waals surface area contributed by atoms with Crippen molar-refractivity contribution >= 4 is 16.9 Å². The number of nitrogens with zero attached hydrogens (tertiary/aromatic N) is 5. The van der Waals surface area contributed by atoms with E-state index < -0.39 is 0 Å². The van der Waals surface area contributed by atoms with E-state index in [1.54, 1.807) is 13.4 Å². The number of hydrogen-bond donors (Lipinski definition) is 0. The zero-order chi connectivity index (χ0) is 18.8. The summed E-state index contributed by atoms with van der Waals surface area (Å²) >= 11 is 0. The Morgan fingerprint density at radius 2 is 2.26 bits per heavy atom. The van der Waals surface area contributed by atoms with Gasteiger partial charge >= 0.3 is 0 Å². The van der Waals surface area contributed by atoms with Crippen molar-refractivity contribution in [3.05, 3.63) is 41.8 Å². The number of imidazole rings is 1. The van der Waals surface area contributed by atoms with Crippen molar-refractivity contribution in [3.63, 3.8) is 0 Å². The Kier molecular flexibility index (Phi) is 4.89. The van der Waals surface area contributed by atoms with E-state index in [2.05, 4.69) is 15.1 Å². The van der Waals surface area contributed by atoms with E-state index in [9.17, 15) is 4.79 Å². The minimum atomic E-state index is -0.186. The number of benzene rings is 1. The lowest BCUT2D eigenvalue weighted by atomic mass is 10.0. The van der Waals surface area contributed by atoms with Crippen molar-refractivity contribution < 1.29 is 14.1 Å². The predicted molar refractivity (Wildman–Crippen MR) is 98.2 cm³/mol. The number of rotatable bonds is 5. The Balaban J connectivity index is 1.59. The summed E-state index contributed by atoms with van der Waals surface area (Å²) < 4.78 is 12.5. The summed E-state index contributed by atoms with van der Waals surface area (Å²) in [6.07, 6.45) is 5.17. The number of fused-ring (bicyclic) bond motifs is 1. The maximum atomic E-state index is 13.2. The van der Waals surface area contributed by atoms with Gasteiger partial charge in [-0.1, -0.05) is 5.16 Å². The number of ether oxygens (including phenoxy) is 1. The number of hydrogen-bond acceptors (Lipinski definition) is 6. The summed E-state index contributed by atoms with van der Waals surface area (Å²) in [6, 6.07) is 5.45. The minimum absolute atomic E-state index is 0.0242. The number of carbonyl (C=O) groups is 1. The molecule has 0 saturated carbocycles. The summed E-state index contributed by atoms with van der Waals surface area (Å²) in [7, 11) is 3.58. The van der Waals surface area contributed by atoms with Crippen LogP contribution in [0.3, 0.4) is 0 Å². The van der Waals surface area contributed by atoms with E-state index in [-0.39, 0.29) is 11.9 Å². The van der Waals surface area contributed by atoms with E-state index >= 15 is 0 Å². The fourth-order valence-electron chi connectivity index (χ4n) is 3.56. The molecule has 0 spiro atoms. The Bertz CT molecular complexity index is 948. The lowest BCUT2D eigenvalue weighted by Gasteiger charge is -2.33. The molecule has 1 fully saturated rings. The van der Waals surface area contributed by atoms with Crippen LogP contribution in [0.2, 0.25) is 0 Å². The summed E-state index contributed by atoms with van der Waals surface area (Å²) in [5.74, 6) is 1.09. The highest BCUT2D eigenvalue weighted by molar-refractivity contribution is 5.97. The van der Waals surface area contributed by atoms with Gasteiger partial charge in [-0.15, -0.1) is 0 Å². The van der Waals surface area contributed by atoms with Crippen molar-refractivity contribution in [2.45, 2.75) is 31.7 Å². The standard InChI is InChI=1S/C19H23N5O3/c1-23-12-20-14-11-13(6-7-15(14)23)19(25)24-9-4-3-5-16(24)18-21-17(22-27-18)8-10-26-2/h6-7,11-12,16H,3-5,8-10H2,1-2H3. The number of aromatic nitrogens is 4. The summed E-state index contributed by atoms with van der Waals surface area (Å²) in [4.78, 5) is 23.9. The largest absolute Gasteiger partial charge is 0.384 e. The molecule has 3 aromatic rings. The first-order valence-corrected chi connectivity index (χ1v) is 9.21. The molecule has 0 N–H and O–H groups in total. The molecule has 1 aliphatic rings. The van der Waals surface area contributed by atoms with E-state index in [1.165, 1.54) is 0 Å². The first kappa shape index (κ1) is 17.7. The zero-order valence-electron chi connectivity index (χ0n) is 15.6. The molecule has 27 heavy (non-hydrogen) atoms. The molecular formula is C19H23N5O3. The van der Waals surface area contributed by atoms with Crippen LogP contribution < -0.4 is 0 Å².